The summed E-state index contributed by atoms with van der Waals surface area (Å²) in [6.45, 7) is 4.98. The zero-order chi connectivity index (χ0) is 17.8. The molecule has 0 radical (unpaired) electrons. The molecule has 3 amide bonds. The maximum atomic E-state index is 12.6. The minimum Gasteiger partial charge on any atom is -0.372 e. The fourth-order valence-corrected chi connectivity index (χ4v) is 3.36. The molecule has 0 aromatic carbocycles. The molecule has 138 valence electrons. The zero-order valence-electron chi connectivity index (χ0n) is 15.0. The number of nitrogens with zero attached hydrogens (tertiary/aromatic N) is 4. The van der Waals surface area contributed by atoms with E-state index in [-0.39, 0.29) is 24.6 Å². The van der Waals surface area contributed by atoms with E-state index in [9.17, 15) is 9.59 Å². The molecule has 25 heavy (non-hydrogen) atoms. The van der Waals surface area contributed by atoms with Gasteiger partial charge in [-0.3, -0.25) is 14.8 Å². The summed E-state index contributed by atoms with van der Waals surface area (Å²) in [4.78, 5) is 28.3. The number of amides is 3. The molecule has 8 nitrogen and oxygen atoms in total. The topological polar surface area (TPSA) is 79.7 Å². The highest BCUT2D eigenvalue weighted by Gasteiger charge is 2.26. The van der Waals surface area contributed by atoms with Crippen LogP contribution in [0.5, 0.6) is 0 Å². The van der Waals surface area contributed by atoms with E-state index in [1.807, 2.05) is 11.0 Å². The number of hydrogen-bond acceptors (Lipinski definition) is 4. The summed E-state index contributed by atoms with van der Waals surface area (Å²) in [5.74, 6) is 0.636. The van der Waals surface area contributed by atoms with Crippen LogP contribution in [0.2, 0.25) is 0 Å². The van der Waals surface area contributed by atoms with Gasteiger partial charge in [0.05, 0.1) is 5.69 Å². The summed E-state index contributed by atoms with van der Waals surface area (Å²) in [7, 11) is 1.80. The number of carbonyl (C=O) groups excluding carboxylic acids is 2. The van der Waals surface area contributed by atoms with Crippen molar-refractivity contribution in [2.75, 3.05) is 38.1 Å². The van der Waals surface area contributed by atoms with Crippen molar-refractivity contribution < 1.29 is 14.3 Å². The Labute approximate surface area is 148 Å². The maximum absolute atomic E-state index is 12.6. The molecule has 0 unspecified atom stereocenters. The van der Waals surface area contributed by atoms with Crippen molar-refractivity contribution in [3.05, 3.63) is 11.8 Å². The molecular formula is C17H27N5O3. The largest absolute Gasteiger partial charge is 0.372 e. The zero-order valence-corrected chi connectivity index (χ0v) is 15.0. The summed E-state index contributed by atoms with van der Waals surface area (Å²) < 4.78 is 7.30. The smallest absolute Gasteiger partial charge is 0.323 e. The lowest BCUT2D eigenvalue weighted by molar-refractivity contribution is -0.130. The average molecular weight is 349 g/mol. The predicted octanol–water partition coefficient (Wildman–Crippen LogP) is 1.75. The van der Waals surface area contributed by atoms with Crippen molar-refractivity contribution in [2.24, 2.45) is 7.05 Å². The Morgan fingerprint density at radius 3 is 2.96 bits per heavy atom. The molecule has 1 aromatic heterocycles. The van der Waals surface area contributed by atoms with Crippen LogP contribution in [-0.2, 0) is 16.6 Å². The van der Waals surface area contributed by atoms with E-state index in [0.717, 1.165) is 44.5 Å². The molecule has 0 bridgehead atoms. The van der Waals surface area contributed by atoms with Crippen molar-refractivity contribution in [2.45, 2.75) is 38.7 Å². The van der Waals surface area contributed by atoms with Gasteiger partial charge in [-0.25, -0.2) is 4.79 Å². The fourth-order valence-electron chi connectivity index (χ4n) is 3.36. The lowest BCUT2D eigenvalue weighted by atomic mass is 10.2. The van der Waals surface area contributed by atoms with Crippen LogP contribution >= 0.6 is 0 Å². The molecule has 2 fully saturated rings. The van der Waals surface area contributed by atoms with E-state index in [1.54, 1.807) is 16.6 Å². The fraction of sp³-hybridized carbons (Fsp3) is 0.706. The third kappa shape index (κ3) is 4.12. The molecule has 0 aliphatic carbocycles. The van der Waals surface area contributed by atoms with Gasteiger partial charge in [-0.05, 0) is 25.7 Å². The molecule has 8 heteroatoms. The Balaban J connectivity index is 1.63. The van der Waals surface area contributed by atoms with E-state index >= 15 is 0 Å². The molecule has 2 saturated heterocycles. The predicted molar refractivity (Wildman–Crippen MR) is 93.2 cm³/mol. The average Bonchev–Trinajstić information content (AvgIpc) is 3.19. The molecule has 1 N–H and O–H groups in total. The second-order valence-electron chi connectivity index (χ2n) is 6.67. The van der Waals surface area contributed by atoms with Crippen LogP contribution in [0.3, 0.4) is 0 Å². The van der Waals surface area contributed by atoms with E-state index in [0.29, 0.717) is 18.9 Å². The SMILES string of the molecule is CCCN1CCCN(C(=O)Nc2cc([C@@H]3CCCO3)nn2C)CC1=O. The third-order valence-electron chi connectivity index (χ3n) is 4.71. The van der Waals surface area contributed by atoms with Gasteiger partial charge in [-0.15, -0.1) is 0 Å². The lowest BCUT2D eigenvalue weighted by Crippen LogP contribution is -2.41. The Hall–Kier alpha value is -2.09. The van der Waals surface area contributed by atoms with E-state index < -0.39 is 0 Å². The third-order valence-corrected chi connectivity index (χ3v) is 4.71. The van der Waals surface area contributed by atoms with Crippen LogP contribution < -0.4 is 5.32 Å². The van der Waals surface area contributed by atoms with Gasteiger partial charge in [-0.2, -0.15) is 5.10 Å². The maximum Gasteiger partial charge on any atom is 0.323 e. The number of aromatic nitrogens is 2. The lowest BCUT2D eigenvalue weighted by Gasteiger charge is -2.21. The summed E-state index contributed by atoms with van der Waals surface area (Å²) >= 11 is 0. The number of ether oxygens (including phenoxy) is 1. The Bertz CT molecular complexity index is 624. The summed E-state index contributed by atoms with van der Waals surface area (Å²) in [5, 5.41) is 7.32. The van der Waals surface area contributed by atoms with Crippen molar-refractivity contribution in [3.63, 3.8) is 0 Å². The minimum atomic E-state index is -0.256. The first-order chi connectivity index (χ1) is 12.1. The van der Waals surface area contributed by atoms with Crippen molar-refractivity contribution in [3.8, 4) is 0 Å². The number of hydrogen-bond donors (Lipinski definition) is 1. The number of rotatable bonds is 4. The normalized spacial score (nSPS) is 21.5. The number of urea groups is 1. The van der Waals surface area contributed by atoms with Gasteiger partial charge in [0.2, 0.25) is 5.91 Å². The standard InChI is InChI=1S/C17H27N5O3/c1-3-7-21-8-5-9-22(12-16(21)23)17(24)18-15-11-13(19-20(15)2)14-6-4-10-25-14/h11,14H,3-10,12H2,1-2H3,(H,18,24)/t14-/m0/s1. The second kappa shape index (κ2) is 7.86. The van der Waals surface area contributed by atoms with Gasteiger partial charge in [0.15, 0.2) is 0 Å². The van der Waals surface area contributed by atoms with Gasteiger partial charge in [0.1, 0.15) is 18.5 Å². The first kappa shape index (κ1) is 17.7. The second-order valence-corrected chi connectivity index (χ2v) is 6.67. The Kier molecular flexibility index (Phi) is 5.57. The van der Waals surface area contributed by atoms with Gasteiger partial charge in [0, 0.05) is 39.4 Å². The first-order valence-corrected chi connectivity index (χ1v) is 9.07. The first-order valence-electron chi connectivity index (χ1n) is 9.07. The molecule has 2 aliphatic rings. The van der Waals surface area contributed by atoms with E-state index in [2.05, 4.69) is 17.3 Å². The van der Waals surface area contributed by atoms with Gasteiger partial charge < -0.3 is 14.5 Å². The molecule has 0 saturated carbocycles. The molecule has 3 rings (SSSR count). The number of aryl methyl sites for hydroxylation is 1. The minimum absolute atomic E-state index is 0.0132. The number of anilines is 1. The van der Waals surface area contributed by atoms with Gasteiger partial charge in [0.25, 0.3) is 0 Å². The number of carbonyl (C=O) groups is 2. The highest BCUT2D eigenvalue weighted by Crippen LogP contribution is 2.29. The van der Waals surface area contributed by atoms with Crippen LogP contribution in [0.1, 0.15) is 44.4 Å². The monoisotopic (exact) mass is 349 g/mol. The van der Waals surface area contributed by atoms with E-state index in [4.69, 9.17) is 4.74 Å². The molecular weight excluding hydrogens is 322 g/mol. The van der Waals surface area contributed by atoms with Crippen LogP contribution in [-0.4, -0.2) is 64.3 Å². The van der Waals surface area contributed by atoms with Gasteiger partial charge >= 0.3 is 6.03 Å². The van der Waals surface area contributed by atoms with Crippen molar-refractivity contribution in [1.82, 2.24) is 19.6 Å². The summed E-state index contributed by atoms with van der Waals surface area (Å²) in [6.07, 6.45) is 3.73. The summed E-state index contributed by atoms with van der Waals surface area (Å²) in [5.41, 5.74) is 0.844. The quantitative estimate of drug-likeness (QED) is 0.898. The van der Waals surface area contributed by atoms with Crippen LogP contribution in [0.15, 0.2) is 6.07 Å². The molecule has 1 atom stereocenters. The Morgan fingerprint density at radius 2 is 2.24 bits per heavy atom. The van der Waals surface area contributed by atoms with E-state index in [1.165, 1.54) is 0 Å². The van der Waals surface area contributed by atoms with Crippen molar-refractivity contribution >= 4 is 17.8 Å². The van der Waals surface area contributed by atoms with Crippen molar-refractivity contribution in [1.29, 1.82) is 0 Å². The molecule has 0 spiro atoms. The van der Waals surface area contributed by atoms with Gasteiger partial charge in [-0.1, -0.05) is 6.92 Å². The molecule has 3 heterocycles. The Morgan fingerprint density at radius 1 is 1.40 bits per heavy atom. The highest BCUT2D eigenvalue weighted by molar-refractivity contribution is 5.92. The highest BCUT2D eigenvalue weighted by atomic mass is 16.5. The van der Waals surface area contributed by atoms with Crippen LogP contribution in [0.4, 0.5) is 10.6 Å². The summed E-state index contributed by atoms with van der Waals surface area (Å²) in [6, 6.07) is 1.60. The van der Waals surface area contributed by atoms with Crippen LogP contribution in [0.25, 0.3) is 0 Å². The molecule has 1 aromatic rings. The number of nitrogens with one attached hydrogen (secondary N) is 1. The molecule has 2 aliphatic heterocycles. The van der Waals surface area contributed by atoms with Crippen LogP contribution in [0, 0.1) is 0 Å².